The first-order chi connectivity index (χ1) is 9.29. The quantitative estimate of drug-likeness (QED) is 0.856. The van der Waals surface area contributed by atoms with Crippen LogP contribution >= 0.6 is 11.6 Å². The molecule has 98 valence electrons. The Labute approximate surface area is 116 Å². The van der Waals surface area contributed by atoms with E-state index in [-0.39, 0.29) is 11.8 Å². The summed E-state index contributed by atoms with van der Waals surface area (Å²) < 4.78 is 0. The van der Waals surface area contributed by atoms with Crippen molar-refractivity contribution in [2.24, 2.45) is 0 Å². The predicted molar refractivity (Wildman–Crippen MR) is 76.0 cm³/mol. The van der Waals surface area contributed by atoms with Crippen LogP contribution in [0.5, 0.6) is 0 Å². The molecule has 3 rings (SSSR count). The third-order valence-electron chi connectivity index (χ3n) is 3.46. The fourth-order valence-electron chi connectivity index (χ4n) is 2.42. The average Bonchev–Trinajstić information content (AvgIpc) is 2.90. The number of aromatic amines is 1. The van der Waals surface area contributed by atoms with Gasteiger partial charge in [-0.15, -0.1) is 11.6 Å². The second-order valence-electron chi connectivity index (χ2n) is 4.55. The monoisotopic (exact) mass is 275 g/mol. The lowest BCUT2D eigenvalue weighted by molar-refractivity contribution is -0.128. The van der Waals surface area contributed by atoms with Crippen molar-refractivity contribution >= 4 is 34.1 Å². The van der Waals surface area contributed by atoms with Gasteiger partial charge in [-0.1, -0.05) is 6.08 Å². The number of nitrogens with zero attached hydrogens (tertiary/aromatic N) is 2. The largest absolute Gasteiger partial charge is 0.359 e. The lowest BCUT2D eigenvalue weighted by Crippen LogP contribution is -2.35. The number of amides is 1. The Morgan fingerprint density at radius 3 is 3.16 bits per heavy atom. The third-order valence-corrected chi connectivity index (χ3v) is 3.69. The van der Waals surface area contributed by atoms with Crippen LogP contribution in [-0.4, -0.2) is 39.7 Å². The van der Waals surface area contributed by atoms with Crippen LogP contribution in [0.4, 0.5) is 0 Å². The van der Waals surface area contributed by atoms with Crippen LogP contribution in [-0.2, 0) is 4.79 Å². The van der Waals surface area contributed by atoms with Crippen molar-refractivity contribution in [3.63, 3.8) is 0 Å². The van der Waals surface area contributed by atoms with E-state index in [4.69, 9.17) is 11.6 Å². The van der Waals surface area contributed by atoms with Crippen LogP contribution in [0.15, 0.2) is 30.6 Å². The number of nitrogens with one attached hydrogen (secondary N) is 1. The maximum Gasteiger partial charge on any atom is 0.237 e. The summed E-state index contributed by atoms with van der Waals surface area (Å²) in [5, 5.41) is 0. The molecule has 1 N–H and O–H groups in total. The zero-order valence-electron chi connectivity index (χ0n) is 10.4. The Bertz CT molecular complexity index is 647. The number of H-pyrrole nitrogens is 1. The fraction of sp³-hybridized carbons (Fsp3) is 0.286. The SMILES string of the molecule is O=C(CCl)N1CC=C(c2c[nH]c3cccnc23)CC1. The van der Waals surface area contributed by atoms with Crippen molar-refractivity contribution < 1.29 is 4.79 Å². The van der Waals surface area contributed by atoms with Crippen molar-refractivity contribution in [2.75, 3.05) is 19.0 Å². The number of carbonyl (C=O) groups excluding carboxylic acids is 1. The van der Waals surface area contributed by atoms with Gasteiger partial charge in [-0.2, -0.15) is 0 Å². The van der Waals surface area contributed by atoms with E-state index in [2.05, 4.69) is 16.0 Å². The molecule has 1 aliphatic rings. The standard InChI is InChI=1S/C14H14ClN3O/c15-8-13(19)18-6-3-10(4-7-18)11-9-17-12-2-1-5-16-14(11)12/h1-3,5,9,17H,4,6-8H2. The van der Waals surface area contributed by atoms with Crippen LogP contribution in [0.25, 0.3) is 16.6 Å². The molecule has 2 aromatic heterocycles. The second kappa shape index (κ2) is 5.05. The highest BCUT2D eigenvalue weighted by atomic mass is 35.5. The van der Waals surface area contributed by atoms with Gasteiger partial charge in [0.2, 0.25) is 5.91 Å². The highest BCUT2D eigenvalue weighted by molar-refractivity contribution is 6.27. The Balaban J connectivity index is 1.88. The van der Waals surface area contributed by atoms with E-state index in [1.807, 2.05) is 18.3 Å². The second-order valence-corrected chi connectivity index (χ2v) is 4.82. The van der Waals surface area contributed by atoms with Crippen LogP contribution < -0.4 is 0 Å². The summed E-state index contributed by atoms with van der Waals surface area (Å²) in [5.41, 5.74) is 4.40. The van der Waals surface area contributed by atoms with Crippen molar-refractivity contribution in [1.82, 2.24) is 14.9 Å². The van der Waals surface area contributed by atoms with Crippen LogP contribution in [0.3, 0.4) is 0 Å². The van der Waals surface area contributed by atoms with Crippen molar-refractivity contribution in [3.05, 3.63) is 36.2 Å². The molecule has 0 saturated heterocycles. The minimum absolute atomic E-state index is 0.00554. The molecule has 0 radical (unpaired) electrons. The van der Waals surface area contributed by atoms with E-state index in [0.29, 0.717) is 6.54 Å². The zero-order valence-corrected chi connectivity index (χ0v) is 11.2. The molecule has 19 heavy (non-hydrogen) atoms. The molecule has 5 heteroatoms. The number of hydrogen-bond acceptors (Lipinski definition) is 2. The van der Waals surface area contributed by atoms with Gasteiger partial charge >= 0.3 is 0 Å². The van der Waals surface area contributed by atoms with Gasteiger partial charge in [-0.05, 0) is 24.1 Å². The molecule has 1 aliphatic heterocycles. The first-order valence-corrected chi connectivity index (χ1v) is 6.78. The van der Waals surface area contributed by atoms with E-state index in [1.54, 1.807) is 11.1 Å². The first-order valence-electron chi connectivity index (χ1n) is 6.25. The van der Waals surface area contributed by atoms with E-state index in [9.17, 15) is 4.79 Å². The average molecular weight is 276 g/mol. The molecule has 0 aromatic carbocycles. The van der Waals surface area contributed by atoms with Gasteiger partial charge in [0.05, 0.1) is 11.0 Å². The molecule has 0 unspecified atom stereocenters. The minimum atomic E-state index is -0.00554. The van der Waals surface area contributed by atoms with Gasteiger partial charge in [-0.25, -0.2) is 0 Å². The molecule has 2 aromatic rings. The number of aromatic nitrogens is 2. The normalized spacial score (nSPS) is 15.6. The molecular formula is C14H14ClN3O. The number of fused-ring (bicyclic) bond motifs is 1. The molecule has 0 fully saturated rings. The van der Waals surface area contributed by atoms with Crippen molar-refractivity contribution in [3.8, 4) is 0 Å². The van der Waals surface area contributed by atoms with E-state index >= 15 is 0 Å². The minimum Gasteiger partial charge on any atom is -0.359 e. The lowest BCUT2D eigenvalue weighted by Gasteiger charge is -2.25. The summed E-state index contributed by atoms with van der Waals surface area (Å²) in [6.45, 7) is 1.34. The number of pyridine rings is 1. The van der Waals surface area contributed by atoms with Crippen LogP contribution in [0.2, 0.25) is 0 Å². The van der Waals surface area contributed by atoms with Crippen molar-refractivity contribution in [1.29, 1.82) is 0 Å². The lowest BCUT2D eigenvalue weighted by atomic mass is 10.0. The molecule has 0 atom stereocenters. The fourth-order valence-corrected chi connectivity index (χ4v) is 2.59. The smallest absolute Gasteiger partial charge is 0.237 e. The summed E-state index contributed by atoms with van der Waals surface area (Å²) in [7, 11) is 0. The molecule has 0 spiro atoms. The molecule has 3 heterocycles. The van der Waals surface area contributed by atoms with Crippen LogP contribution in [0.1, 0.15) is 12.0 Å². The van der Waals surface area contributed by atoms with Gasteiger partial charge in [0.25, 0.3) is 0 Å². The number of carbonyl (C=O) groups is 1. The highest BCUT2D eigenvalue weighted by Crippen LogP contribution is 2.27. The van der Waals surface area contributed by atoms with E-state index in [1.165, 1.54) is 5.57 Å². The van der Waals surface area contributed by atoms with E-state index in [0.717, 1.165) is 29.6 Å². The third kappa shape index (κ3) is 2.24. The maximum atomic E-state index is 11.5. The van der Waals surface area contributed by atoms with Gasteiger partial charge in [0.1, 0.15) is 5.88 Å². The number of alkyl halides is 1. The molecular weight excluding hydrogens is 262 g/mol. The summed E-state index contributed by atoms with van der Waals surface area (Å²) >= 11 is 5.57. The van der Waals surface area contributed by atoms with Gasteiger partial charge in [0, 0.05) is 31.0 Å². The Morgan fingerprint density at radius 1 is 1.53 bits per heavy atom. The molecule has 0 bridgehead atoms. The van der Waals surface area contributed by atoms with Crippen LogP contribution in [0, 0.1) is 0 Å². The Morgan fingerprint density at radius 2 is 2.42 bits per heavy atom. The van der Waals surface area contributed by atoms with Crippen molar-refractivity contribution in [2.45, 2.75) is 6.42 Å². The molecule has 1 amide bonds. The number of rotatable bonds is 2. The molecule has 4 nitrogen and oxygen atoms in total. The summed E-state index contributed by atoms with van der Waals surface area (Å²) in [6, 6.07) is 3.93. The Hall–Kier alpha value is -1.81. The molecule has 0 aliphatic carbocycles. The summed E-state index contributed by atoms with van der Waals surface area (Å²) in [5.74, 6) is 0.0478. The Kier molecular flexibility index (Phi) is 3.25. The zero-order chi connectivity index (χ0) is 13.2. The van der Waals surface area contributed by atoms with Gasteiger partial charge in [0.15, 0.2) is 0 Å². The predicted octanol–water partition coefficient (Wildman–Crippen LogP) is 2.42. The van der Waals surface area contributed by atoms with E-state index < -0.39 is 0 Å². The number of hydrogen-bond donors (Lipinski definition) is 1. The molecule has 0 saturated carbocycles. The number of halogens is 1. The van der Waals surface area contributed by atoms with Gasteiger partial charge in [-0.3, -0.25) is 9.78 Å². The maximum absolute atomic E-state index is 11.5. The first kappa shape index (κ1) is 12.2. The van der Waals surface area contributed by atoms with Gasteiger partial charge < -0.3 is 9.88 Å². The highest BCUT2D eigenvalue weighted by Gasteiger charge is 2.18. The summed E-state index contributed by atoms with van der Waals surface area (Å²) in [4.78, 5) is 20.9. The topological polar surface area (TPSA) is 49.0 Å². The summed E-state index contributed by atoms with van der Waals surface area (Å²) in [6.07, 6.45) is 6.71.